The molecule has 1 fully saturated rings. The molecule has 1 aliphatic rings. The molecule has 0 aromatic heterocycles. The highest BCUT2D eigenvalue weighted by Gasteiger charge is 2.13. The summed E-state index contributed by atoms with van der Waals surface area (Å²) >= 11 is 3.35. The highest BCUT2D eigenvalue weighted by atomic mass is 79.9. The third-order valence-corrected chi connectivity index (χ3v) is 2.38. The van der Waals surface area contributed by atoms with Gasteiger partial charge in [0.05, 0.1) is 6.61 Å². The molecule has 1 rings (SSSR count). The van der Waals surface area contributed by atoms with Crippen molar-refractivity contribution < 1.29 is 9.47 Å². The summed E-state index contributed by atoms with van der Waals surface area (Å²) in [5, 5.41) is 0.897. The van der Waals surface area contributed by atoms with Gasteiger partial charge in [-0.15, -0.1) is 0 Å². The summed E-state index contributed by atoms with van der Waals surface area (Å²) in [6.45, 7) is 3.62. The van der Waals surface area contributed by atoms with Crippen LogP contribution < -0.4 is 0 Å². The third kappa shape index (κ3) is 4.79. The van der Waals surface area contributed by atoms with E-state index >= 15 is 0 Å². The van der Waals surface area contributed by atoms with Crippen LogP contribution in [0.25, 0.3) is 0 Å². The van der Waals surface area contributed by atoms with Crippen LogP contribution in [0.5, 0.6) is 0 Å². The SMILES string of the molecule is C/C(=C\CBr)COC1CCCCO1. The van der Waals surface area contributed by atoms with Gasteiger partial charge in [-0.2, -0.15) is 0 Å². The fourth-order valence-corrected chi connectivity index (χ4v) is 1.81. The molecule has 1 unspecified atom stereocenters. The Morgan fingerprint density at radius 2 is 2.46 bits per heavy atom. The van der Waals surface area contributed by atoms with Gasteiger partial charge in [-0.1, -0.05) is 27.6 Å². The Bertz CT molecular complexity index is 162. The number of ether oxygens (including phenoxy) is 2. The molecule has 0 aromatic rings. The largest absolute Gasteiger partial charge is 0.353 e. The van der Waals surface area contributed by atoms with E-state index in [1.54, 1.807) is 0 Å². The molecule has 1 aliphatic heterocycles. The lowest BCUT2D eigenvalue weighted by Gasteiger charge is -2.22. The van der Waals surface area contributed by atoms with Crippen LogP contribution in [0.1, 0.15) is 26.2 Å². The third-order valence-electron chi connectivity index (χ3n) is 2.06. The second-order valence-electron chi connectivity index (χ2n) is 3.31. The van der Waals surface area contributed by atoms with Crippen LogP contribution in [0.2, 0.25) is 0 Å². The maximum absolute atomic E-state index is 5.59. The van der Waals surface area contributed by atoms with E-state index in [4.69, 9.17) is 9.47 Å². The Kier molecular flexibility index (Phi) is 5.67. The van der Waals surface area contributed by atoms with Crippen molar-refractivity contribution >= 4 is 15.9 Å². The van der Waals surface area contributed by atoms with Gasteiger partial charge in [0, 0.05) is 11.9 Å². The molecule has 0 radical (unpaired) electrons. The summed E-state index contributed by atoms with van der Waals surface area (Å²) < 4.78 is 11.0. The molecule has 0 aromatic carbocycles. The van der Waals surface area contributed by atoms with Crippen molar-refractivity contribution in [3.8, 4) is 0 Å². The standard InChI is InChI=1S/C10H17BrO2/c1-9(5-6-11)8-13-10-4-2-3-7-12-10/h5,10H,2-4,6-8H2,1H3/b9-5+. The molecule has 2 nitrogen and oxygen atoms in total. The van der Waals surface area contributed by atoms with E-state index in [0.717, 1.165) is 18.4 Å². The second kappa shape index (κ2) is 6.57. The molecule has 0 bridgehead atoms. The van der Waals surface area contributed by atoms with Crippen molar-refractivity contribution in [1.82, 2.24) is 0 Å². The van der Waals surface area contributed by atoms with Crippen LogP contribution in [-0.4, -0.2) is 24.8 Å². The first-order valence-electron chi connectivity index (χ1n) is 4.77. The topological polar surface area (TPSA) is 18.5 Å². The fourth-order valence-electron chi connectivity index (χ4n) is 1.26. The van der Waals surface area contributed by atoms with Crippen LogP contribution in [0.3, 0.4) is 0 Å². The monoisotopic (exact) mass is 248 g/mol. The first-order valence-corrected chi connectivity index (χ1v) is 5.90. The minimum Gasteiger partial charge on any atom is -0.353 e. The number of allylic oxidation sites excluding steroid dienone is 1. The van der Waals surface area contributed by atoms with Crippen molar-refractivity contribution in [3.63, 3.8) is 0 Å². The normalized spacial score (nSPS) is 24.8. The molecule has 76 valence electrons. The van der Waals surface area contributed by atoms with Gasteiger partial charge < -0.3 is 9.47 Å². The average Bonchev–Trinajstić information content (AvgIpc) is 2.17. The smallest absolute Gasteiger partial charge is 0.158 e. The first-order chi connectivity index (χ1) is 6.33. The van der Waals surface area contributed by atoms with Crippen LogP contribution in [0.15, 0.2) is 11.6 Å². The summed E-state index contributed by atoms with van der Waals surface area (Å²) in [5.41, 5.74) is 1.26. The minimum absolute atomic E-state index is 0.0347. The first kappa shape index (κ1) is 11.2. The lowest BCUT2D eigenvalue weighted by Crippen LogP contribution is -2.22. The van der Waals surface area contributed by atoms with Gasteiger partial charge in [-0.05, 0) is 26.2 Å². The molecule has 1 saturated heterocycles. The number of hydrogen-bond acceptors (Lipinski definition) is 2. The fraction of sp³-hybridized carbons (Fsp3) is 0.800. The van der Waals surface area contributed by atoms with E-state index in [1.807, 2.05) is 0 Å². The Morgan fingerprint density at radius 3 is 3.08 bits per heavy atom. The summed E-state index contributed by atoms with van der Waals surface area (Å²) in [5.74, 6) is 0. The van der Waals surface area contributed by atoms with Crippen molar-refractivity contribution in [2.24, 2.45) is 0 Å². The van der Waals surface area contributed by atoms with Crippen molar-refractivity contribution in [2.45, 2.75) is 32.5 Å². The molecule has 3 heteroatoms. The zero-order valence-corrected chi connectivity index (χ0v) is 9.68. The van der Waals surface area contributed by atoms with Gasteiger partial charge in [-0.25, -0.2) is 0 Å². The van der Waals surface area contributed by atoms with Gasteiger partial charge in [0.2, 0.25) is 0 Å². The molecule has 1 atom stereocenters. The van der Waals surface area contributed by atoms with Crippen LogP contribution in [-0.2, 0) is 9.47 Å². The molecule has 0 N–H and O–H groups in total. The van der Waals surface area contributed by atoms with Gasteiger partial charge in [0.25, 0.3) is 0 Å². The Hall–Kier alpha value is 0.140. The van der Waals surface area contributed by atoms with Gasteiger partial charge in [0.15, 0.2) is 6.29 Å². The molecular formula is C10H17BrO2. The van der Waals surface area contributed by atoms with E-state index in [2.05, 4.69) is 28.9 Å². The molecule has 13 heavy (non-hydrogen) atoms. The predicted molar refractivity (Wildman–Crippen MR) is 57.1 cm³/mol. The van der Waals surface area contributed by atoms with Crippen molar-refractivity contribution in [2.75, 3.05) is 18.5 Å². The summed E-state index contributed by atoms with van der Waals surface area (Å²) in [6.07, 6.45) is 5.60. The van der Waals surface area contributed by atoms with E-state index in [0.29, 0.717) is 6.61 Å². The molecule has 0 spiro atoms. The second-order valence-corrected chi connectivity index (χ2v) is 3.96. The van der Waals surface area contributed by atoms with Crippen LogP contribution in [0.4, 0.5) is 0 Å². The number of hydrogen-bond donors (Lipinski definition) is 0. The van der Waals surface area contributed by atoms with Crippen molar-refractivity contribution in [1.29, 1.82) is 0 Å². The number of rotatable bonds is 4. The summed E-state index contributed by atoms with van der Waals surface area (Å²) in [7, 11) is 0. The van der Waals surface area contributed by atoms with Crippen LogP contribution in [0, 0.1) is 0 Å². The summed E-state index contributed by atoms with van der Waals surface area (Å²) in [4.78, 5) is 0. The maximum atomic E-state index is 5.59. The molecular weight excluding hydrogens is 232 g/mol. The van der Waals surface area contributed by atoms with E-state index in [1.165, 1.54) is 18.4 Å². The number of alkyl halides is 1. The van der Waals surface area contributed by atoms with Gasteiger partial charge in [-0.3, -0.25) is 0 Å². The van der Waals surface area contributed by atoms with Crippen molar-refractivity contribution in [3.05, 3.63) is 11.6 Å². The van der Waals surface area contributed by atoms with Crippen LogP contribution >= 0.6 is 15.9 Å². The Balaban J connectivity index is 2.13. The quantitative estimate of drug-likeness (QED) is 0.563. The van der Waals surface area contributed by atoms with E-state index < -0.39 is 0 Å². The summed E-state index contributed by atoms with van der Waals surface area (Å²) in [6, 6.07) is 0. The minimum atomic E-state index is 0.0347. The molecule has 0 amide bonds. The zero-order chi connectivity index (χ0) is 9.52. The molecule has 0 aliphatic carbocycles. The Labute approximate surface area is 88.4 Å². The van der Waals surface area contributed by atoms with Gasteiger partial charge >= 0.3 is 0 Å². The highest BCUT2D eigenvalue weighted by Crippen LogP contribution is 2.14. The van der Waals surface area contributed by atoms with E-state index in [-0.39, 0.29) is 6.29 Å². The maximum Gasteiger partial charge on any atom is 0.158 e. The molecule has 0 saturated carbocycles. The van der Waals surface area contributed by atoms with E-state index in [9.17, 15) is 0 Å². The number of halogens is 1. The molecule has 1 heterocycles. The zero-order valence-electron chi connectivity index (χ0n) is 8.09. The average molecular weight is 249 g/mol. The highest BCUT2D eigenvalue weighted by molar-refractivity contribution is 9.09. The van der Waals surface area contributed by atoms with Gasteiger partial charge in [0.1, 0.15) is 0 Å². The Morgan fingerprint density at radius 1 is 1.62 bits per heavy atom. The predicted octanol–water partition coefficient (Wildman–Crippen LogP) is 2.87. The lowest BCUT2D eigenvalue weighted by atomic mass is 10.2. The lowest BCUT2D eigenvalue weighted by molar-refractivity contribution is -0.156.